The summed E-state index contributed by atoms with van der Waals surface area (Å²) in [6.45, 7) is 3.21. The van der Waals surface area contributed by atoms with Gasteiger partial charge in [-0.3, -0.25) is 4.90 Å². The van der Waals surface area contributed by atoms with E-state index in [0.29, 0.717) is 26.3 Å². The second-order valence-corrected chi connectivity index (χ2v) is 6.45. The molecule has 2 amide bonds. The predicted octanol–water partition coefficient (Wildman–Crippen LogP) is 2.27. The van der Waals surface area contributed by atoms with E-state index in [4.69, 9.17) is 16.3 Å². The Morgan fingerprint density at radius 3 is 2.78 bits per heavy atom. The molecule has 1 N–H and O–H groups in total. The van der Waals surface area contributed by atoms with Gasteiger partial charge in [-0.25, -0.2) is 9.18 Å². The Balaban J connectivity index is 1.72. The Bertz CT molecular complexity index is 580. The fraction of sp³-hybridized carbons (Fsp3) is 0.562. The van der Waals surface area contributed by atoms with Crippen molar-refractivity contribution in [1.29, 1.82) is 0 Å². The predicted molar refractivity (Wildman–Crippen MR) is 86.1 cm³/mol. The number of carbonyl (C=O) groups is 1. The second kappa shape index (κ2) is 7.03. The van der Waals surface area contributed by atoms with Gasteiger partial charge in [-0.2, -0.15) is 0 Å². The number of rotatable bonds is 2. The molecular weight excluding hydrogens is 321 g/mol. The maximum absolute atomic E-state index is 13.8. The van der Waals surface area contributed by atoms with Crippen LogP contribution in [-0.2, 0) is 4.74 Å². The molecule has 7 heteroatoms. The van der Waals surface area contributed by atoms with Crippen molar-refractivity contribution in [2.24, 2.45) is 0 Å². The van der Waals surface area contributed by atoms with Gasteiger partial charge in [0.1, 0.15) is 5.82 Å². The molecule has 0 bridgehead atoms. The van der Waals surface area contributed by atoms with Crippen molar-refractivity contribution in [2.75, 3.05) is 39.9 Å². The average Bonchev–Trinajstić information content (AvgIpc) is 2.91. The lowest BCUT2D eigenvalue weighted by atomic mass is 10.00. The van der Waals surface area contributed by atoms with Gasteiger partial charge in [0, 0.05) is 19.6 Å². The first kappa shape index (κ1) is 16.5. The van der Waals surface area contributed by atoms with Crippen LogP contribution in [0.3, 0.4) is 0 Å². The number of morpholine rings is 1. The summed E-state index contributed by atoms with van der Waals surface area (Å²) in [5, 5.41) is 3.21. The minimum Gasteiger partial charge on any atom is -0.378 e. The molecule has 0 radical (unpaired) electrons. The van der Waals surface area contributed by atoms with Crippen LogP contribution in [0.25, 0.3) is 0 Å². The van der Waals surface area contributed by atoms with Gasteiger partial charge in [0.05, 0.1) is 30.3 Å². The smallest absolute Gasteiger partial charge is 0.317 e. The number of ether oxygens (including phenoxy) is 1. The van der Waals surface area contributed by atoms with E-state index in [1.54, 1.807) is 11.0 Å². The third-order valence-electron chi connectivity index (χ3n) is 4.54. The molecule has 2 saturated heterocycles. The van der Waals surface area contributed by atoms with Gasteiger partial charge in [0.15, 0.2) is 0 Å². The molecule has 2 fully saturated rings. The highest BCUT2D eigenvalue weighted by Gasteiger charge is 2.35. The van der Waals surface area contributed by atoms with Crippen molar-refractivity contribution >= 4 is 17.6 Å². The highest BCUT2D eigenvalue weighted by atomic mass is 35.5. The summed E-state index contributed by atoms with van der Waals surface area (Å²) in [6.07, 6.45) is 0.835. The summed E-state index contributed by atoms with van der Waals surface area (Å²) in [6, 6.07) is 4.68. The van der Waals surface area contributed by atoms with Gasteiger partial charge in [0.25, 0.3) is 0 Å². The zero-order valence-electron chi connectivity index (χ0n) is 13.1. The van der Waals surface area contributed by atoms with Crippen molar-refractivity contribution < 1.29 is 13.9 Å². The van der Waals surface area contributed by atoms with Gasteiger partial charge in [-0.1, -0.05) is 17.7 Å². The number of nitrogens with zero attached hydrogens (tertiary/aromatic N) is 2. The van der Waals surface area contributed by atoms with Crippen molar-refractivity contribution in [1.82, 2.24) is 15.1 Å². The lowest BCUT2D eigenvalue weighted by Gasteiger charge is -2.31. The third-order valence-corrected chi connectivity index (χ3v) is 4.85. The Kier molecular flexibility index (Phi) is 5.04. The van der Waals surface area contributed by atoms with Crippen LogP contribution < -0.4 is 5.32 Å². The van der Waals surface area contributed by atoms with Crippen molar-refractivity contribution in [3.05, 3.63) is 34.6 Å². The zero-order valence-corrected chi connectivity index (χ0v) is 13.9. The molecule has 0 saturated carbocycles. The lowest BCUT2D eigenvalue weighted by Crippen LogP contribution is -2.50. The van der Waals surface area contributed by atoms with Crippen LogP contribution in [0.5, 0.6) is 0 Å². The number of nitrogens with one attached hydrogen (secondary N) is 1. The molecule has 5 nitrogen and oxygen atoms in total. The summed E-state index contributed by atoms with van der Waals surface area (Å²) in [7, 11) is 1.98. The van der Waals surface area contributed by atoms with Crippen LogP contribution in [0.2, 0.25) is 5.02 Å². The molecule has 2 atom stereocenters. The van der Waals surface area contributed by atoms with Crippen LogP contribution in [0.1, 0.15) is 18.0 Å². The first-order valence-electron chi connectivity index (χ1n) is 7.84. The van der Waals surface area contributed by atoms with E-state index in [2.05, 4.69) is 10.2 Å². The second-order valence-electron chi connectivity index (χ2n) is 6.04. The van der Waals surface area contributed by atoms with Gasteiger partial charge in [-0.05, 0) is 31.2 Å². The van der Waals surface area contributed by atoms with Crippen LogP contribution in [0.4, 0.5) is 9.18 Å². The van der Waals surface area contributed by atoms with Crippen molar-refractivity contribution in [2.45, 2.75) is 18.5 Å². The van der Waals surface area contributed by atoms with E-state index in [9.17, 15) is 9.18 Å². The van der Waals surface area contributed by atoms with Crippen LogP contribution >= 0.6 is 11.6 Å². The molecule has 126 valence electrons. The Morgan fingerprint density at radius 1 is 1.35 bits per heavy atom. The van der Waals surface area contributed by atoms with E-state index in [1.807, 2.05) is 13.1 Å². The number of halogens is 2. The van der Waals surface area contributed by atoms with Gasteiger partial charge in [0.2, 0.25) is 0 Å². The van der Waals surface area contributed by atoms with Crippen molar-refractivity contribution in [3.8, 4) is 0 Å². The molecule has 1 aromatic carbocycles. The summed E-state index contributed by atoms with van der Waals surface area (Å²) < 4.78 is 19.0. The number of amides is 2. The van der Waals surface area contributed by atoms with Gasteiger partial charge < -0.3 is 15.0 Å². The largest absolute Gasteiger partial charge is 0.378 e. The maximum atomic E-state index is 13.8. The quantitative estimate of drug-likeness (QED) is 0.897. The summed E-state index contributed by atoms with van der Waals surface area (Å²) in [4.78, 5) is 16.3. The number of benzene rings is 1. The Labute approximate surface area is 140 Å². The van der Waals surface area contributed by atoms with Gasteiger partial charge >= 0.3 is 6.03 Å². The maximum Gasteiger partial charge on any atom is 0.317 e. The molecule has 0 aliphatic carbocycles. The minimum absolute atomic E-state index is 0.0454. The van der Waals surface area contributed by atoms with E-state index < -0.39 is 5.82 Å². The summed E-state index contributed by atoms with van der Waals surface area (Å²) in [5.41, 5.74) is 0.833. The standard InChI is InChI=1S/C16H21ClFN3O2/c1-20-5-4-14(19-16(22)21-6-8-23-9-7-21)15(20)11-2-3-12(17)13(18)10-11/h2-3,10,14-15H,4-9H2,1H3,(H,19,22)/t14-,15+/m1/s1. The molecule has 0 spiro atoms. The molecule has 2 aliphatic rings. The van der Waals surface area contributed by atoms with E-state index in [0.717, 1.165) is 18.5 Å². The number of hydrogen-bond donors (Lipinski definition) is 1. The van der Waals surface area contributed by atoms with Gasteiger partial charge in [-0.15, -0.1) is 0 Å². The van der Waals surface area contributed by atoms with E-state index in [-0.39, 0.29) is 23.1 Å². The van der Waals surface area contributed by atoms with Crippen molar-refractivity contribution in [3.63, 3.8) is 0 Å². The zero-order chi connectivity index (χ0) is 16.4. The first-order valence-corrected chi connectivity index (χ1v) is 8.22. The molecule has 0 unspecified atom stereocenters. The van der Waals surface area contributed by atoms with Crippen LogP contribution in [0, 0.1) is 5.82 Å². The van der Waals surface area contributed by atoms with E-state index in [1.165, 1.54) is 6.07 Å². The lowest BCUT2D eigenvalue weighted by molar-refractivity contribution is 0.0521. The fourth-order valence-corrected chi connectivity index (χ4v) is 3.41. The number of carbonyl (C=O) groups excluding carboxylic acids is 1. The molecule has 2 aliphatic heterocycles. The molecular formula is C16H21ClFN3O2. The average molecular weight is 342 g/mol. The normalized spacial score (nSPS) is 25.6. The Morgan fingerprint density at radius 2 is 2.09 bits per heavy atom. The summed E-state index contributed by atoms with van der Waals surface area (Å²) in [5.74, 6) is -0.428. The Hall–Kier alpha value is -1.37. The monoisotopic (exact) mass is 341 g/mol. The van der Waals surface area contributed by atoms with Crippen LogP contribution in [0.15, 0.2) is 18.2 Å². The first-order chi connectivity index (χ1) is 11.1. The number of likely N-dealkylation sites (N-methyl/N-ethyl adjacent to an activating group) is 1. The molecule has 0 aromatic heterocycles. The van der Waals surface area contributed by atoms with Crippen LogP contribution in [-0.4, -0.2) is 61.8 Å². The third kappa shape index (κ3) is 3.59. The molecule has 1 aromatic rings. The topological polar surface area (TPSA) is 44.8 Å². The number of urea groups is 1. The SMILES string of the molecule is CN1CC[C@@H](NC(=O)N2CCOCC2)[C@@H]1c1ccc(Cl)c(F)c1. The molecule has 2 heterocycles. The molecule has 23 heavy (non-hydrogen) atoms. The molecule has 3 rings (SSSR count). The number of hydrogen-bond acceptors (Lipinski definition) is 3. The van der Waals surface area contributed by atoms with E-state index >= 15 is 0 Å². The fourth-order valence-electron chi connectivity index (χ4n) is 3.30. The highest BCUT2D eigenvalue weighted by molar-refractivity contribution is 6.30. The number of likely N-dealkylation sites (tertiary alicyclic amines) is 1. The minimum atomic E-state index is -0.428. The highest BCUT2D eigenvalue weighted by Crippen LogP contribution is 2.32. The summed E-state index contributed by atoms with van der Waals surface area (Å²) >= 11 is 5.77.